The third-order valence-corrected chi connectivity index (χ3v) is 5.20. The number of rotatable bonds is 8. The third-order valence-electron chi connectivity index (χ3n) is 5.20. The second-order valence-corrected chi connectivity index (χ2v) is 7.24. The summed E-state index contributed by atoms with van der Waals surface area (Å²) in [6.07, 6.45) is 6.27. The van der Waals surface area contributed by atoms with Crippen molar-refractivity contribution in [2.75, 3.05) is 26.7 Å². The fourth-order valence-corrected chi connectivity index (χ4v) is 3.58. The monoisotopic (exact) mass is 354 g/mol. The summed E-state index contributed by atoms with van der Waals surface area (Å²) < 4.78 is 0. The number of piperidine rings is 1. The molecule has 2 N–H and O–H groups in total. The summed E-state index contributed by atoms with van der Waals surface area (Å²) in [5.74, 6) is 0.551. The van der Waals surface area contributed by atoms with Crippen LogP contribution in [0.2, 0.25) is 0 Å². The van der Waals surface area contributed by atoms with Gasteiger partial charge in [0.2, 0.25) is 5.91 Å². The molecule has 0 spiro atoms. The summed E-state index contributed by atoms with van der Waals surface area (Å²) in [5, 5.41) is 10.9. The van der Waals surface area contributed by atoms with Crippen molar-refractivity contribution < 1.29 is 4.79 Å². The minimum Gasteiger partial charge on any atom is -0.346 e. The largest absolute Gasteiger partial charge is 0.346 e. The molecule has 0 saturated carbocycles. The van der Waals surface area contributed by atoms with E-state index < -0.39 is 0 Å². The second kappa shape index (κ2) is 9.53. The van der Waals surface area contributed by atoms with Crippen molar-refractivity contribution in [1.82, 2.24) is 20.4 Å². The zero-order valence-corrected chi connectivity index (χ0v) is 15.7. The Hall–Kier alpha value is -2.14. The average molecular weight is 354 g/mol. The number of carbonyl (C=O) groups is 1. The molecule has 5 nitrogen and oxygen atoms in total. The third kappa shape index (κ3) is 5.18. The van der Waals surface area contributed by atoms with Crippen LogP contribution in [0.25, 0.3) is 11.3 Å². The molecule has 1 saturated heterocycles. The highest BCUT2D eigenvalue weighted by Gasteiger charge is 2.23. The molecule has 1 aromatic carbocycles. The second-order valence-electron chi connectivity index (χ2n) is 7.24. The maximum atomic E-state index is 12.4. The molecule has 5 heteroatoms. The van der Waals surface area contributed by atoms with Crippen molar-refractivity contribution in [3.8, 4) is 11.3 Å². The summed E-state index contributed by atoms with van der Waals surface area (Å²) in [4.78, 5) is 14.3. The fraction of sp³-hybridized carbons (Fsp3) is 0.524. The number of amides is 1. The standard InChI is InChI=1S/C21H30N4O/c1-25(21(26)18-11-13-22-14-12-18)15-7-3-6-10-19-16-20(24-23-19)17-8-4-2-5-9-17/h2,4-5,8-9,16,18,22H,3,6-7,10-15H2,1H3,(H,23,24). The van der Waals surface area contributed by atoms with Gasteiger partial charge in [0.1, 0.15) is 0 Å². The molecule has 3 rings (SSSR count). The maximum absolute atomic E-state index is 12.4. The summed E-state index contributed by atoms with van der Waals surface area (Å²) in [6.45, 7) is 2.81. The molecule has 1 fully saturated rings. The number of aryl methyl sites for hydroxylation is 1. The summed E-state index contributed by atoms with van der Waals surface area (Å²) >= 11 is 0. The number of aromatic amines is 1. The number of hydrogen-bond donors (Lipinski definition) is 2. The fourth-order valence-electron chi connectivity index (χ4n) is 3.58. The Balaban J connectivity index is 1.34. The van der Waals surface area contributed by atoms with Gasteiger partial charge >= 0.3 is 0 Å². The van der Waals surface area contributed by atoms with Crippen molar-refractivity contribution in [3.63, 3.8) is 0 Å². The average Bonchev–Trinajstić information content (AvgIpc) is 3.17. The van der Waals surface area contributed by atoms with E-state index in [-0.39, 0.29) is 5.92 Å². The normalized spacial score (nSPS) is 15.1. The Morgan fingerprint density at radius 2 is 1.92 bits per heavy atom. The van der Waals surface area contributed by atoms with Crippen molar-refractivity contribution in [1.29, 1.82) is 0 Å². The van der Waals surface area contributed by atoms with Gasteiger partial charge < -0.3 is 10.2 Å². The number of aromatic nitrogens is 2. The van der Waals surface area contributed by atoms with Gasteiger partial charge in [-0.15, -0.1) is 0 Å². The molecule has 0 atom stereocenters. The van der Waals surface area contributed by atoms with Gasteiger partial charge in [-0.05, 0) is 51.3 Å². The van der Waals surface area contributed by atoms with Gasteiger partial charge in [-0.25, -0.2) is 0 Å². The van der Waals surface area contributed by atoms with Gasteiger partial charge in [0.05, 0.1) is 5.69 Å². The first-order valence-corrected chi connectivity index (χ1v) is 9.79. The molecule has 26 heavy (non-hydrogen) atoms. The van der Waals surface area contributed by atoms with Gasteiger partial charge in [0.25, 0.3) is 0 Å². The summed E-state index contributed by atoms with van der Waals surface area (Å²) in [6, 6.07) is 12.4. The van der Waals surface area contributed by atoms with Crippen molar-refractivity contribution >= 4 is 5.91 Å². The molecule has 1 aromatic heterocycles. The Kier molecular flexibility index (Phi) is 6.83. The van der Waals surface area contributed by atoms with Crippen LogP contribution in [0.1, 0.15) is 37.8 Å². The molecule has 1 aliphatic heterocycles. The molecule has 0 unspecified atom stereocenters. The smallest absolute Gasteiger partial charge is 0.225 e. The summed E-state index contributed by atoms with van der Waals surface area (Å²) in [7, 11) is 1.95. The molecule has 2 aromatic rings. The van der Waals surface area contributed by atoms with E-state index in [1.54, 1.807) is 0 Å². The SMILES string of the molecule is CN(CCCCCc1cc(-c2ccccc2)n[nH]1)C(=O)C1CCNCC1. The number of unbranched alkanes of at least 4 members (excludes halogenated alkanes) is 2. The Bertz CT molecular complexity index is 676. The highest BCUT2D eigenvalue weighted by atomic mass is 16.2. The van der Waals surface area contributed by atoms with E-state index >= 15 is 0 Å². The predicted octanol–water partition coefficient (Wildman–Crippen LogP) is 3.25. The number of nitrogens with zero attached hydrogens (tertiary/aromatic N) is 2. The Morgan fingerprint density at radius 1 is 1.15 bits per heavy atom. The van der Waals surface area contributed by atoms with E-state index in [0.29, 0.717) is 5.91 Å². The lowest BCUT2D eigenvalue weighted by Crippen LogP contribution is -2.39. The van der Waals surface area contributed by atoms with Gasteiger partial charge in [-0.1, -0.05) is 36.8 Å². The van der Waals surface area contributed by atoms with E-state index in [0.717, 1.165) is 69.4 Å². The van der Waals surface area contributed by atoms with Crippen LogP contribution >= 0.6 is 0 Å². The number of nitrogens with one attached hydrogen (secondary N) is 2. The van der Waals surface area contributed by atoms with Crippen LogP contribution < -0.4 is 5.32 Å². The Labute approximate surface area is 156 Å². The molecule has 2 heterocycles. The molecular weight excluding hydrogens is 324 g/mol. The van der Waals surface area contributed by atoms with Crippen LogP contribution in [0, 0.1) is 5.92 Å². The van der Waals surface area contributed by atoms with E-state index in [4.69, 9.17) is 0 Å². The molecule has 140 valence electrons. The first-order chi connectivity index (χ1) is 12.7. The van der Waals surface area contributed by atoms with Gasteiger partial charge in [-0.3, -0.25) is 9.89 Å². The topological polar surface area (TPSA) is 61.0 Å². The number of benzene rings is 1. The van der Waals surface area contributed by atoms with Crippen LogP contribution in [0.3, 0.4) is 0 Å². The van der Waals surface area contributed by atoms with Crippen LogP contribution in [0.4, 0.5) is 0 Å². The lowest BCUT2D eigenvalue weighted by molar-refractivity contribution is -0.135. The van der Waals surface area contributed by atoms with Crippen molar-refractivity contribution in [2.45, 2.75) is 38.5 Å². The van der Waals surface area contributed by atoms with Gasteiger partial charge in [-0.2, -0.15) is 5.10 Å². The van der Waals surface area contributed by atoms with E-state index in [2.05, 4.69) is 33.7 Å². The first-order valence-electron chi connectivity index (χ1n) is 9.79. The maximum Gasteiger partial charge on any atom is 0.225 e. The molecule has 1 aliphatic rings. The van der Waals surface area contributed by atoms with E-state index in [9.17, 15) is 4.79 Å². The van der Waals surface area contributed by atoms with Crippen LogP contribution in [-0.2, 0) is 11.2 Å². The molecule has 0 bridgehead atoms. The highest BCUT2D eigenvalue weighted by molar-refractivity contribution is 5.78. The molecule has 0 radical (unpaired) electrons. The first kappa shape index (κ1) is 18.6. The lowest BCUT2D eigenvalue weighted by atomic mass is 9.96. The van der Waals surface area contributed by atoms with Crippen molar-refractivity contribution in [3.05, 3.63) is 42.1 Å². The lowest BCUT2D eigenvalue weighted by Gasteiger charge is -2.26. The van der Waals surface area contributed by atoms with Crippen LogP contribution in [0.5, 0.6) is 0 Å². The number of hydrogen-bond acceptors (Lipinski definition) is 3. The zero-order chi connectivity index (χ0) is 18.2. The number of H-pyrrole nitrogens is 1. The van der Waals surface area contributed by atoms with Crippen LogP contribution in [0.15, 0.2) is 36.4 Å². The summed E-state index contributed by atoms with van der Waals surface area (Å²) in [5.41, 5.74) is 3.34. The van der Waals surface area contributed by atoms with Gasteiger partial charge in [0.15, 0.2) is 0 Å². The zero-order valence-electron chi connectivity index (χ0n) is 15.7. The quantitative estimate of drug-likeness (QED) is 0.716. The van der Waals surface area contributed by atoms with E-state index in [1.165, 1.54) is 5.69 Å². The number of carbonyl (C=O) groups excluding carboxylic acids is 1. The minimum absolute atomic E-state index is 0.225. The highest BCUT2D eigenvalue weighted by Crippen LogP contribution is 2.18. The minimum atomic E-state index is 0.225. The van der Waals surface area contributed by atoms with Crippen molar-refractivity contribution in [2.24, 2.45) is 5.92 Å². The molecule has 1 amide bonds. The Morgan fingerprint density at radius 3 is 2.69 bits per heavy atom. The van der Waals surface area contributed by atoms with Gasteiger partial charge in [0, 0.05) is 30.8 Å². The van der Waals surface area contributed by atoms with E-state index in [1.807, 2.05) is 30.1 Å². The van der Waals surface area contributed by atoms with Crippen LogP contribution in [-0.4, -0.2) is 47.7 Å². The predicted molar refractivity (Wildman–Crippen MR) is 105 cm³/mol. The molecular formula is C21H30N4O. The molecule has 0 aliphatic carbocycles.